The summed E-state index contributed by atoms with van der Waals surface area (Å²) in [6.45, 7) is 0. The average molecular weight is 941 g/mol. The fourth-order valence-corrected chi connectivity index (χ4v) is 11.4. The van der Waals surface area contributed by atoms with Crippen molar-refractivity contribution in [1.82, 2.24) is 4.57 Å². The fourth-order valence-electron chi connectivity index (χ4n) is 11.4. The SMILES string of the molecule is c1ccc(-c2cc(-c3cccc(N(c4ccc(-c5ccc(-c6cccc7ccccc67)cc5)cc4)c4ccc(-c5ccc6c(ccc7ccccc76)c5)cc4)c3)c3c4ccccc4n(-c4ccccc4)c3c2)cc1. The minimum absolute atomic E-state index is 1.07. The zero-order chi connectivity index (χ0) is 49.0. The minimum atomic E-state index is 1.07. The Bertz CT molecular complexity index is 4380. The summed E-state index contributed by atoms with van der Waals surface area (Å²) in [4.78, 5) is 2.40. The molecular formula is C72H48N2. The minimum Gasteiger partial charge on any atom is -0.310 e. The lowest BCUT2D eigenvalue weighted by Crippen LogP contribution is -2.10. The lowest BCUT2D eigenvalue weighted by molar-refractivity contribution is 1.18. The van der Waals surface area contributed by atoms with Gasteiger partial charge in [0.05, 0.1) is 11.0 Å². The smallest absolute Gasteiger partial charge is 0.0553 e. The Morgan fingerprint density at radius 3 is 1.49 bits per heavy atom. The van der Waals surface area contributed by atoms with Crippen molar-refractivity contribution >= 4 is 71.2 Å². The summed E-state index contributed by atoms with van der Waals surface area (Å²) < 4.78 is 2.43. The molecule has 0 N–H and O–H groups in total. The Kier molecular flexibility index (Phi) is 10.6. The molecule has 346 valence electrons. The van der Waals surface area contributed by atoms with Gasteiger partial charge >= 0.3 is 0 Å². The molecule has 0 saturated heterocycles. The van der Waals surface area contributed by atoms with E-state index in [0.717, 1.165) is 28.3 Å². The first kappa shape index (κ1) is 43.1. The molecular weight excluding hydrogens is 893 g/mol. The predicted octanol–water partition coefficient (Wildman–Crippen LogP) is 20.0. The summed E-state index contributed by atoms with van der Waals surface area (Å²) in [6.07, 6.45) is 0. The zero-order valence-electron chi connectivity index (χ0n) is 40.6. The number of hydrogen-bond donors (Lipinski definition) is 0. The standard InChI is InChI=1S/C72H48N2/c1-3-15-49(16-4-1)59-47-69(72-68-26-11-12-28-70(68)74(71(72)48-59)60-21-5-2-6-22-60)57-20-13-23-63(46-57)73(62-42-37-52(38-43-62)56-39-44-67-58(45-56)34-33-54-18-8-10-25-65(54)67)61-40-35-51(36-41-61)50-29-31-55(32-30-50)66-27-14-19-53-17-7-9-24-64(53)66/h1-48H. The Labute approximate surface area is 430 Å². The molecule has 14 aromatic rings. The van der Waals surface area contributed by atoms with Crippen molar-refractivity contribution < 1.29 is 0 Å². The van der Waals surface area contributed by atoms with E-state index in [9.17, 15) is 0 Å². The molecule has 2 nitrogen and oxygen atoms in total. The zero-order valence-corrected chi connectivity index (χ0v) is 40.6. The molecule has 0 saturated carbocycles. The van der Waals surface area contributed by atoms with Crippen LogP contribution in [0, 0.1) is 0 Å². The lowest BCUT2D eigenvalue weighted by atomic mass is 9.94. The Balaban J connectivity index is 0.895. The van der Waals surface area contributed by atoms with E-state index < -0.39 is 0 Å². The van der Waals surface area contributed by atoms with Gasteiger partial charge < -0.3 is 9.47 Å². The summed E-state index contributed by atoms with van der Waals surface area (Å²) in [5.41, 5.74) is 18.6. The predicted molar refractivity (Wildman–Crippen MR) is 315 cm³/mol. The van der Waals surface area contributed by atoms with Gasteiger partial charge in [0.25, 0.3) is 0 Å². The van der Waals surface area contributed by atoms with Crippen LogP contribution < -0.4 is 4.90 Å². The van der Waals surface area contributed by atoms with Crippen LogP contribution in [0.5, 0.6) is 0 Å². The van der Waals surface area contributed by atoms with E-state index in [2.05, 4.69) is 301 Å². The second-order valence-electron chi connectivity index (χ2n) is 19.3. The molecule has 0 fully saturated rings. The third-order valence-corrected chi connectivity index (χ3v) is 15.0. The van der Waals surface area contributed by atoms with Gasteiger partial charge in [-0.25, -0.2) is 0 Å². The molecule has 0 bridgehead atoms. The molecule has 74 heavy (non-hydrogen) atoms. The molecule has 1 heterocycles. The number of benzene rings is 13. The third-order valence-electron chi connectivity index (χ3n) is 15.0. The summed E-state index contributed by atoms with van der Waals surface area (Å²) in [5, 5.41) is 10.0. The largest absolute Gasteiger partial charge is 0.310 e. The van der Waals surface area contributed by atoms with E-state index in [-0.39, 0.29) is 0 Å². The van der Waals surface area contributed by atoms with E-state index in [0.29, 0.717) is 0 Å². The number of para-hydroxylation sites is 2. The maximum atomic E-state index is 2.43. The monoisotopic (exact) mass is 940 g/mol. The van der Waals surface area contributed by atoms with Crippen LogP contribution in [0.1, 0.15) is 0 Å². The molecule has 14 rings (SSSR count). The van der Waals surface area contributed by atoms with Gasteiger partial charge in [0.15, 0.2) is 0 Å². The van der Waals surface area contributed by atoms with E-state index in [1.807, 2.05) is 0 Å². The summed E-state index contributed by atoms with van der Waals surface area (Å²) in [6, 6.07) is 107. The van der Waals surface area contributed by atoms with Crippen molar-refractivity contribution in [2.45, 2.75) is 0 Å². The van der Waals surface area contributed by atoms with Crippen molar-refractivity contribution in [2.24, 2.45) is 0 Å². The quantitative estimate of drug-likeness (QED) is 0.131. The number of rotatable bonds is 9. The number of nitrogens with zero attached hydrogens (tertiary/aromatic N) is 2. The molecule has 0 unspecified atom stereocenters. The molecule has 0 aliphatic rings. The first-order valence-corrected chi connectivity index (χ1v) is 25.5. The molecule has 0 aliphatic heterocycles. The van der Waals surface area contributed by atoms with E-state index in [4.69, 9.17) is 0 Å². The average Bonchev–Trinajstić information content (AvgIpc) is 3.85. The van der Waals surface area contributed by atoms with Gasteiger partial charge in [-0.15, -0.1) is 0 Å². The molecule has 1 aromatic heterocycles. The maximum Gasteiger partial charge on any atom is 0.0553 e. The van der Waals surface area contributed by atoms with Crippen molar-refractivity contribution in [3.8, 4) is 61.3 Å². The summed E-state index contributed by atoms with van der Waals surface area (Å²) >= 11 is 0. The lowest BCUT2D eigenvalue weighted by Gasteiger charge is -2.26. The topological polar surface area (TPSA) is 8.17 Å². The number of hydrogen-bond acceptors (Lipinski definition) is 1. The number of aromatic nitrogens is 1. The first-order valence-electron chi connectivity index (χ1n) is 25.5. The van der Waals surface area contributed by atoms with E-state index >= 15 is 0 Å². The van der Waals surface area contributed by atoms with Crippen LogP contribution in [0.3, 0.4) is 0 Å². The van der Waals surface area contributed by atoms with Gasteiger partial charge in [-0.1, -0.05) is 218 Å². The molecule has 0 aliphatic carbocycles. The van der Waals surface area contributed by atoms with Gasteiger partial charge in [-0.2, -0.15) is 0 Å². The Morgan fingerprint density at radius 2 is 0.743 bits per heavy atom. The van der Waals surface area contributed by atoms with Crippen molar-refractivity contribution in [3.63, 3.8) is 0 Å². The second kappa shape index (κ2) is 18.1. The van der Waals surface area contributed by atoms with Crippen LogP contribution in [0.15, 0.2) is 291 Å². The summed E-state index contributed by atoms with van der Waals surface area (Å²) in [5.74, 6) is 0. The maximum absolute atomic E-state index is 2.43. The third kappa shape index (κ3) is 7.60. The van der Waals surface area contributed by atoms with Crippen LogP contribution >= 0.6 is 0 Å². The van der Waals surface area contributed by atoms with Crippen molar-refractivity contribution in [2.75, 3.05) is 4.90 Å². The Hall–Kier alpha value is -9.76. The van der Waals surface area contributed by atoms with Crippen LogP contribution in [0.4, 0.5) is 17.1 Å². The van der Waals surface area contributed by atoms with Crippen molar-refractivity contribution in [3.05, 3.63) is 291 Å². The van der Waals surface area contributed by atoms with Crippen LogP contribution in [-0.4, -0.2) is 4.57 Å². The van der Waals surface area contributed by atoms with Gasteiger partial charge in [0.2, 0.25) is 0 Å². The molecule has 2 heteroatoms. The summed E-state index contributed by atoms with van der Waals surface area (Å²) in [7, 11) is 0. The molecule has 0 spiro atoms. The van der Waals surface area contributed by atoms with Gasteiger partial charge in [0, 0.05) is 33.5 Å². The second-order valence-corrected chi connectivity index (χ2v) is 19.3. The van der Waals surface area contributed by atoms with E-state index in [1.165, 1.54) is 104 Å². The van der Waals surface area contributed by atoms with Crippen LogP contribution in [0.2, 0.25) is 0 Å². The van der Waals surface area contributed by atoms with Gasteiger partial charge in [0.1, 0.15) is 0 Å². The molecule has 0 atom stereocenters. The highest BCUT2D eigenvalue weighted by atomic mass is 15.1. The molecule has 0 amide bonds. The first-order chi connectivity index (χ1) is 36.7. The van der Waals surface area contributed by atoms with E-state index in [1.54, 1.807) is 0 Å². The van der Waals surface area contributed by atoms with Gasteiger partial charge in [-0.05, 0) is 161 Å². The normalized spacial score (nSPS) is 11.5. The Morgan fingerprint density at radius 1 is 0.230 bits per heavy atom. The van der Waals surface area contributed by atoms with Crippen LogP contribution in [-0.2, 0) is 0 Å². The molecule has 13 aromatic carbocycles. The number of fused-ring (bicyclic) bond motifs is 7. The molecule has 0 radical (unpaired) electrons. The fraction of sp³-hybridized carbons (Fsp3) is 0. The van der Waals surface area contributed by atoms with Gasteiger partial charge in [-0.3, -0.25) is 0 Å². The number of anilines is 3. The van der Waals surface area contributed by atoms with Crippen LogP contribution in [0.25, 0.3) is 115 Å². The highest BCUT2D eigenvalue weighted by Gasteiger charge is 2.21. The van der Waals surface area contributed by atoms with Crippen molar-refractivity contribution in [1.29, 1.82) is 0 Å². The highest BCUT2D eigenvalue weighted by molar-refractivity contribution is 6.17. The highest BCUT2D eigenvalue weighted by Crippen LogP contribution is 2.44.